The van der Waals surface area contributed by atoms with Crippen LogP contribution in [0.15, 0.2) is 65.6 Å². The van der Waals surface area contributed by atoms with Crippen LogP contribution in [0, 0.1) is 0 Å². The smallest absolute Gasteiger partial charge is 0.0460 e. The minimum Gasteiger partial charge on any atom is -0.357 e. The number of rotatable bonds is 4. The third-order valence-corrected chi connectivity index (χ3v) is 6.34. The molecule has 2 heterocycles. The minimum atomic E-state index is 1.04. The molecule has 1 aliphatic rings. The van der Waals surface area contributed by atoms with Gasteiger partial charge in [0.1, 0.15) is 0 Å². The number of fused-ring (bicyclic) bond motifs is 4. The van der Waals surface area contributed by atoms with E-state index in [0.29, 0.717) is 0 Å². The first-order chi connectivity index (χ1) is 13.3. The topological polar surface area (TPSA) is 31.1 Å². The lowest BCUT2D eigenvalue weighted by Gasteiger charge is -2.25. The Kier molecular flexibility index (Phi) is 4.30. The number of hydrogen-bond acceptors (Lipinski definition) is 3. The molecule has 2 N–H and O–H groups in total. The predicted molar refractivity (Wildman–Crippen MR) is 116 cm³/mol. The number of nitrogens with one attached hydrogen (secondary N) is 2. The fraction of sp³-hybridized carbons (Fsp3) is 0.217. The van der Waals surface area contributed by atoms with Crippen molar-refractivity contribution in [1.82, 2.24) is 9.88 Å². The fourth-order valence-corrected chi connectivity index (χ4v) is 4.66. The Balaban J connectivity index is 1.38. The zero-order valence-electron chi connectivity index (χ0n) is 15.5. The Morgan fingerprint density at radius 2 is 1.93 bits per heavy atom. The molecule has 0 spiro atoms. The first-order valence-electron chi connectivity index (χ1n) is 9.57. The van der Waals surface area contributed by atoms with Crippen LogP contribution in [0.25, 0.3) is 21.7 Å². The lowest BCUT2D eigenvalue weighted by molar-refractivity contribution is 0.266. The monoisotopic (exact) mass is 373 g/mol. The van der Waals surface area contributed by atoms with Crippen molar-refractivity contribution in [3.05, 3.63) is 71.9 Å². The standard InChI is InChI=1S/C23H23N3S/c1-2-26-12-11-20-21-14-18(8-10-22(21)24-23(20)15-26)25-27-19-9-7-16-5-3-4-6-17(16)13-19/h3-10,13-14,24-25H,2,11-12,15H2,1H3. The van der Waals surface area contributed by atoms with Crippen molar-refractivity contribution in [2.75, 3.05) is 17.8 Å². The molecule has 4 aromatic rings. The molecule has 0 saturated carbocycles. The summed E-state index contributed by atoms with van der Waals surface area (Å²) in [6, 6.07) is 21.7. The normalized spacial score (nSPS) is 14.6. The van der Waals surface area contributed by atoms with Gasteiger partial charge >= 0.3 is 0 Å². The summed E-state index contributed by atoms with van der Waals surface area (Å²) >= 11 is 1.67. The molecule has 3 nitrogen and oxygen atoms in total. The van der Waals surface area contributed by atoms with Gasteiger partial charge in [0.2, 0.25) is 0 Å². The highest BCUT2D eigenvalue weighted by molar-refractivity contribution is 8.00. The molecule has 0 unspecified atom stereocenters. The molecule has 0 bridgehead atoms. The summed E-state index contributed by atoms with van der Waals surface area (Å²) in [5.41, 5.74) is 5.28. The maximum atomic E-state index is 3.63. The second-order valence-corrected chi connectivity index (χ2v) is 8.05. The Morgan fingerprint density at radius 1 is 1.04 bits per heavy atom. The third kappa shape index (κ3) is 3.20. The Bertz CT molecular complexity index is 1120. The lowest BCUT2D eigenvalue weighted by Crippen LogP contribution is -2.29. The number of hydrogen-bond donors (Lipinski definition) is 2. The molecule has 0 atom stereocenters. The first kappa shape index (κ1) is 16.7. The van der Waals surface area contributed by atoms with E-state index < -0.39 is 0 Å². The lowest BCUT2D eigenvalue weighted by atomic mass is 10.0. The Hall–Kier alpha value is -2.43. The molecule has 4 heteroatoms. The number of benzene rings is 3. The van der Waals surface area contributed by atoms with Gasteiger partial charge in [0.15, 0.2) is 0 Å². The summed E-state index contributed by atoms with van der Waals surface area (Å²) in [5.74, 6) is 0. The van der Waals surface area contributed by atoms with Gasteiger partial charge in [-0.1, -0.05) is 37.3 Å². The Labute approximate surface area is 163 Å². The van der Waals surface area contributed by atoms with Crippen LogP contribution in [-0.4, -0.2) is 23.0 Å². The van der Waals surface area contributed by atoms with E-state index in [0.717, 1.165) is 31.7 Å². The van der Waals surface area contributed by atoms with Gasteiger partial charge in [0.25, 0.3) is 0 Å². The van der Waals surface area contributed by atoms with Gasteiger partial charge in [-0.2, -0.15) is 0 Å². The number of H-pyrrole nitrogens is 1. The van der Waals surface area contributed by atoms with E-state index in [9.17, 15) is 0 Å². The van der Waals surface area contributed by atoms with Crippen molar-refractivity contribution in [1.29, 1.82) is 0 Å². The molecule has 0 aliphatic carbocycles. The molecular formula is C23H23N3S. The van der Waals surface area contributed by atoms with Crippen molar-refractivity contribution >= 4 is 39.3 Å². The van der Waals surface area contributed by atoms with Crippen molar-refractivity contribution in [3.63, 3.8) is 0 Å². The summed E-state index contributed by atoms with van der Waals surface area (Å²) in [4.78, 5) is 7.34. The molecule has 0 amide bonds. The van der Waals surface area contributed by atoms with Gasteiger partial charge in [-0.15, -0.1) is 0 Å². The van der Waals surface area contributed by atoms with E-state index >= 15 is 0 Å². The van der Waals surface area contributed by atoms with Crippen LogP contribution in [0.1, 0.15) is 18.2 Å². The van der Waals surface area contributed by atoms with Crippen LogP contribution in [-0.2, 0) is 13.0 Å². The second-order valence-electron chi connectivity index (χ2n) is 7.17. The molecule has 0 saturated heterocycles. The van der Waals surface area contributed by atoms with E-state index in [4.69, 9.17) is 0 Å². The van der Waals surface area contributed by atoms with E-state index in [-0.39, 0.29) is 0 Å². The van der Waals surface area contributed by atoms with Crippen LogP contribution in [0.3, 0.4) is 0 Å². The zero-order chi connectivity index (χ0) is 18.2. The van der Waals surface area contributed by atoms with E-state index in [1.807, 2.05) is 0 Å². The van der Waals surface area contributed by atoms with Gasteiger partial charge < -0.3 is 9.71 Å². The van der Waals surface area contributed by atoms with E-state index in [1.54, 1.807) is 11.9 Å². The van der Waals surface area contributed by atoms with Gasteiger partial charge in [-0.05, 0) is 71.6 Å². The van der Waals surface area contributed by atoms with Crippen molar-refractivity contribution < 1.29 is 0 Å². The predicted octanol–water partition coefficient (Wildman–Crippen LogP) is 5.82. The molecule has 5 rings (SSSR count). The number of anilines is 1. The van der Waals surface area contributed by atoms with Gasteiger partial charge in [-0.3, -0.25) is 4.90 Å². The van der Waals surface area contributed by atoms with Crippen molar-refractivity contribution in [2.24, 2.45) is 0 Å². The average molecular weight is 374 g/mol. The van der Waals surface area contributed by atoms with Crippen LogP contribution in [0.2, 0.25) is 0 Å². The number of aromatic amines is 1. The second kappa shape index (κ2) is 6.95. The quantitative estimate of drug-likeness (QED) is 0.442. The van der Waals surface area contributed by atoms with E-state index in [1.165, 1.54) is 37.8 Å². The SMILES string of the molecule is CCN1CCc2c([nH]c3ccc(NSc4ccc5ccccc5c4)cc23)C1. The maximum absolute atomic E-state index is 3.63. The molecule has 0 fully saturated rings. The highest BCUT2D eigenvalue weighted by Crippen LogP contribution is 2.31. The Morgan fingerprint density at radius 3 is 2.81 bits per heavy atom. The minimum absolute atomic E-state index is 1.04. The summed E-state index contributed by atoms with van der Waals surface area (Å²) in [6.45, 7) is 5.54. The summed E-state index contributed by atoms with van der Waals surface area (Å²) < 4.78 is 3.53. The molecule has 1 aliphatic heterocycles. The molecule has 3 aromatic carbocycles. The van der Waals surface area contributed by atoms with Crippen LogP contribution >= 0.6 is 11.9 Å². The molecule has 136 valence electrons. The first-order valence-corrected chi connectivity index (χ1v) is 10.4. The van der Waals surface area contributed by atoms with Gasteiger partial charge in [-0.25, -0.2) is 0 Å². The number of aromatic nitrogens is 1. The van der Waals surface area contributed by atoms with Crippen LogP contribution < -0.4 is 4.72 Å². The zero-order valence-corrected chi connectivity index (χ0v) is 16.3. The highest BCUT2D eigenvalue weighted by Gasteiger charge is 2.19. The van der Waals surface area contributed by atoms with Gasteiger partial charge in [0.05, 0.1) is 0 Å². The molecule has 1 aromatic heterocycles. The largest absolute Gasteiger partial charge is 0.357 e. The average Bonchev–Trinajstić information content (AvgIpc) is 3.09. The summed E-state index contributed by atoms with van der Waals surface area (Å²) in [6.07, 6.45) is 1.13. The number of nitrogens with zero attached hydrogens (tertiary/aromatic N) is 1. The van der Waals surface area contributed by atoms with Crippen molar-refractivity contribution in [3.8, 4) is 0 Å². The summed E-state index contributed by atoms with van der Waals surface area (Å²) in [7, 11) is 0. The summed E-state index contributed by atoms with van der Waals surface area (Å²) in [5, 5.41) is 3.92. The van der Waals surface area contributed by atoms with Crippen LogP contribution in [0.5, 0.6) is 0 Å². The van der Waals surface area contributed by atoms with E-state index in [2.05, 4.69) is 82.2 Å². The number of likely N-dealkylation sites (N-methyl/N-ethyl adjacent to an activating group) is 1. The molecule has 27 heavy (non-hydrogen) atoms. The maximum Gasteiger partial charge on any atom is 0.0460 e. The highest BCUT2D eigenvalue weighted by atomic mass is 32.2. The van der Waals surface area contributed by atoms with Crippen molar-refractivity contribution in [2.45, 2.75) is 24.8 Å². The molecular weight excluding hydrogens is 350 g/mol. The third-order valence-electron chi connectivity index (χ3n) is 5.51. The van der Waals surface area contributed by atoms with Crippen LogP contribution in [0.4, 0.5) is 5.69 Å². The fourth-order valence-electron chi connectivity index (χ4n) is 3.98. The van der Waals surface area contributed by atoms with Gasteiger partial charge in [0, 0.05) is 40.3 Å². The molecule has 0 radical (unpaired) electrons.